The highest BCUT2D eigenvalue weighted by atomic mass is 16.5. The van der Waals surface area contributed by atoms with Gasteiger partial charge in [0.1, 0.15) is 17.1 Å². The van der Waals surface area contributed by atoms with Crippen molar-refractivity contribution in [1.29, 1.82) is 0 Å². The molecule has 178 valence electrons. The first-order valence-electron chi connectivity index (χ1n) is 11.7. The van der Waals surface area contributed by atoms with Crippen molar-refractivity contribution in [3.63, 3.8) is 0 Å². The Morgan fingerprint density at radius 2 is 1.66 bits per heavy atom. The van der Waals surface area contributed by atoms with E-state index in [4.69, 9.17) is 13.9 Å². The summed E-state index contributed by atoms with van der Waals surface area (Å²) in [6.45, 7) is 4.93. The van der Waals surface area contributed by atoms with Gasteiger partial charge < -0.3 is 18.8 Å². The summed E-state index contributed by atoms with van der Waals surface area (Å²) < 4.78 is 17.0. The lowest BCUT2D eigenvalue weighted by Gasteiger charge is -2.25. The second-order valence-corrected chi connectivity index (χ2v) is 8.77. The number of amides is 1. The number of ether oxygens (including phenoxy) is 2. The summed E-state index contributed by atoms with van der Waals surface area (Å²) in [5.74, 6) is 1.30. The summed E-state index contributed by atoms with van der Waals surface area (Å²) in [5, 5.41) is 0.482. The van der Waals surface area contributed by atoms with E-state index >= 15 is 0 Å². The molecule has 1 unspecified atom stereocenters. The highest BCUT2D eigenvalue weighted by Gasteiger charge is 2.42. The van der Waals surface area contributed by atoms with E-state index in [9.17, 15) is 9.59 Å². The first kappa shape index (κ1) is 22.7. The van der Waals surface area contributed by atoms with Crippen LogP contribution in [0.1, 0.15) is 52.2 Å². The van der Waals surface area contributed by atoms with Crippen LogP contribution in [0.3, 0.4) is 0 Å². The van der Waals surface area contributed by atoms with Crippen LogP contribution in [0.2, 0.25) is 0 Å². The number of aryl methyl sites for hydroxylation is 1. The fourth-order valence-corrected chi connectivity index (χ4v) is 4.54. The lowest BCUT2D eigenvalue weighted by molar-refractivity contribution is 0.0714. The smallest absolute Gasteiger partial charge is 0.291 e. The van der Waals surface area contributed by atoms with Crippen molar-refractivity contribution in [3.8, 4) is 11.5 Å². The van der Waals surface area contributed by atoms with E-state index in [2.05, 4.69) is 6.92 Å². The maximum atomic E-state index is 13.7. The minimum absolute atomic E-state index is 0.108. The second kappa shape index (κ2) is 9.29. The predicted molar refractivity (Wildman–Crippen MR) is 134 cm³/mol. The van der Waals surface area contributed by atoms with Gasteiger partial charge in [0.25, 0.3) is 5.91 Å². The number of benzene rings is 3. The first-order valence-corrected chi connectivity index (χ1v) is 11.7. The number of carbonyl (C=O) groups excluding carboxylic acids is 1. The molecule has 0 saturated carbocycles. The minimum atomic E-state index is -0.569. The molecule has 1 aliphatic rings. The summed E-state index contributed by atoms with van der Waals surface area (Å²) in [6.07, 6.45) is 0.912. The Morgan fingerprint density at radius 3 is 2.34 bits per heavy atom. The molecule has 0 aliphatic carbocycles. The topological polar surface area (TPSA) is 69.0 Å². The molecule has 0 fully saturated rings. The Bertz CT molecular complexity index is 1440. The van der Waals surface area contributed by atoms with Gasteiger partial charge in [-0.1, -0.05) is 42.8 Å². The minimum Gasteiger partial charge on any atom is -0.497 e. The van der Waals surface area contributed by atoms with E-state index in [1.54, 1.807) is 18.1 Å². The molecule has 0 N–H and O–H groups in total. The average molecular weight is 470 g/mol. The van der Waals surface area contributed by atoms with Crippen LogP contribution in [0.4, 0.5) is 0 Å². The molecular formula is C29H27NO5. The van der Waals surface area contributed by atoms with Crippen LogP contribution in [0.25, 0.3) is 11.0 Å². The molecular weight excluding hydrogens is 442 g/mol. The fraction of sp³-hybridized carbons (Fsp3) is 0.241. The number of hydrogen-bond acceptors (Lipinski definition) is 5. The predicted octanol–water partition coefficient (Wildman–Crippen LogP) is 5.64. The largest absolute Gasteiger partial charge is 0.497 e. The van der Waals surface area contributed by atoms with Gasteiger partial charge in [0.15, 0.2) is 5.43 Å². The van der Waals surface area contributed by atoms with Gasteiger partial charge in [-0.25, -0.2) is 0 Å². The van der Waals surface area contributed by atoms with Crippen LogP contribution in [-0.4, -0.2) is 24.5 Å². The first-order chi connectivity index (χ1) is 17.0. The number of hydrogen-bond donors (Lipinski definition) is 0. The normalized spacial score (nSPS) is 14.9. The zero-order chi connectivity index (χ0) is 24.5. The van der Waals surface area contributed by atoms with Gasteiger partial charge in [-0.15, -0.1) is 0 Å². The second-order valence-electron chi connectivity index (χ2n) is 8.77. The summed E-state index contributed by atoms with van der Waals surface area (Å²) in [4.78, 5) is 29.0. The van der Waals surface area contributed by atoms with Crippen molar-refractivity contribution in [2.75, 3.05) is 13.7 Å². The van der Waals surface area contributed by atoms with E-state index in [0.717, 1.165) is 34.6 Å². The quantitative estimate of drug-likeness (QED) is 0.350. The average Bonchev–Trinajstić information content (AvgIpc) is 3.15. The van der Waals surface area contributed by atoms with Gasteiger partial charge in [0.05, 0.1) is 30.7 Å². The Balaban J connectivity index is 1.63. The van der Waals surface area contributed by atoms with E-state index in [-0.39, 0.29) is 17.1 Å². The number of rotatable bonds is 7. The van der Waals surface area contributed by atoms with Crippen molar-refractivity contribution >= 4 is 16.9 Å². The van der Waals surface area contributed by atoms with Gasteiger partial charge >= 0.3 is 0 Å². The Labute approximate surface area is 203 Å². The molecule has 0 spiro atoms. The molecule has 1 aliphatic heterocycles. The molecule has 6 heteroatoms. The van der Waals surface area contributed by atoms with E-state index in [1.165, 1.54) is 0 Å². The highest BCUT2D eigenvalue weighted by Crippen LogP contribution is 2.39. The van der Waals surface area contributed by atoms with Crippen molar-refractivity contribution in [2.24, 2.45) is 0 Å². The maximum Gasteiger partial charge on any atom is 0.291 e. The van der Waals surface area contributed by atoms with Crippen molar-refractivity contribution in [2.45, 2.75) is 32.9 Å². The molecule has 5 rings (SSSR count). The van der Waals surface area contributed by atoms with Gasteiger partial charge in [-0.3, -0.25) is 9.59 Å². The molecule has 3 aromatic carbocycles. The number of nitrogens with zero attached hydrogens (tertiary/aromatic N) is 1. The molecule has 0 saturated heterocycles. The SMILES string of the molecule is CCCOc1ccc(C2c3c(oc4ccc(C)cc4c3=O)C(=O)N2Cc2ccc(OC)cc2)cc1. The van der Waals surface area contributed by atoms with E-state index in [0.29, 0.717) is 29.7 Å². The molecule has 1 amide bonds. The Kier molecular flexibility index (Phi) is 6.03. The van der Waals surface area contributed by atoms with Crippen LogP contribution in [0.5, 0.6) is 11.5 Å². The van der Waals surface area contributed by atoms with Gasteiger partial charge in [0, 0.05) is 6.54 Å². The monoisotopic (exact) mass is 469 g/mol. The third-order valence-electron chi connectivity index (χ3n) is 6.30. The number of carbonyl (C=O) groups is 1. The van der Waals surface area contributed by atoms with Crippen LogP contribution in [0.15, 0.2) is 75.9 Å². The van der Waals surface area contributed by atoms with E-state index < -0.39 is 6.04 Å². The maximum absolute atomic E-state index is 13.7. The van der Waals surface area contributed by atoms with Gasteiger partial charge in [0.2, 0.25) is 5.76 Å². The molecule has 6 nitrogen and oxygen atoms in total. The third kappa shape index (κ3) is 4.16. The Morgan fingerprint density at radius 1 is 0.943 bits per heavy atom. The van der Waals surface area contributed by atoms with E-state index in [1.807, 2.05) is 67.6 Å². The fourth-order valence-electron chi connectivity index (χ4n) is 4.54. The molecule has 1 atom stereocenters. The van der Waals surface area contributed by atoms with Crippen molar-refractivity contribution in [1.82, 2.24) is 4.90 Å². The van der Waals surface area contributed by atoms with Crippen LogP contribution >= 0.6 is 0 Å². The van der Waals surface area contributed by atoms with Gasteiger partial charge in [-0.2, -0.15) is 0 Å². The summed E-state index contributed by atoms with van der Waals surface area (Å²) in [7, 11) is 1.61. The van der Waals surface area contributed by atoms with Gasteiger partial charge in [-0.05, 0) is 60.9 Å². The molecule has 0 bridgehead atoms. The summed E-state index contributed by atoms with van der Waals surface area (Å²) in [6, 6.07) is 20.0. The third-order valence-corrected chi connectivity index (χ3v) is 6.30. The lowest BCUT2D eigenvalue weighted by Crippen LogP contribution is -2.29. The zero-order valence-electron chi connectivity index (χ0n) is 20.0. The molecule has 0 radical (unpaired) electrons. The Hall–Kier alpha value is -4.06. The number of fused-ring (bicyclic) bond motifs is 2. The zero-order valence-corrected chi connectivity index (χ0v) is 20.0. The molecule has 4 aromatic rings. The molecule has 35 heavy (non-hydrogen) atoms. The van der Waals surface area contributed by atoms with Crippen LogP contribution in [0, 0.1) is 6.92 Å². The van der Waals surface area contributed by atoms with Crippen molar-refractivity contribution < 1.29 is 18.7 Å². The summed E-state index contributed by atoms with van der Waals surface area (Å²) in [5.41, 5.74) is 3.33. The van der Waals surface area contributed by atoms with Crippen molar-refractivity contribution in [3.05, 3.63) is 105 Å². The number of methoxy groups -OCH3 is 1. The highest BCUT2D eigenvalue weighted by molar-refractivity contribution is 5.99. The van der Waals surface area contributed by atoms with Crippen LogP contribution in [-0.2, 0) is 6.54 Å². The van der Waals surface area contributed by atoms with Crippen LogP contribution < -0.4 is 14.9 Å². The molecule has 2 heterocycles. The standard InChI is InChI=1S/C29H27NO5/c1-4-15-34-22-12-8-20(9-13-22)26-25-27(31)23-16-18(2)5-14-24(23)35-28(25)29(32)30(26)17-19-6-10-21(33-3)11-7-19/h5-14,16,26H,4,15,17H2,1-3H3. The molecule has 1 aromatic heterocycles. The summed E-state index contributed by atoms with van der Waals surface area (Å²) >= 11 is 0. The lowest BCUT2D eigenvalue weighted by atomic mass is 9.98.